The smallest absolute Gasteiger partial charge is 0.340 e. The van der Waals surface area contributed by atoms with Crippen LogP contribution in [0.3, 0.4) is 0 Å². The van der Waals surface area contributed by atoms with Crippen LogP contribution in [0, 0.1) is 0 Å². The molecule has 0 bridgehead atoms. The fraction of sp³-hybridized carbons (Fsp3) is 0.263. The molecule has 0 spiro atoms. The summed E-state index contributed by atoms with van der Waals surface area (Å²) in [6.45, 7) is -0.290. The molecule has 0 aliphatic carbocycles. The lowest BCUT2D eigenvalue weighted by Gasteiger charge is -2.27. The molecule has 0 saturated heterocycles. The lowest BCUT2D eigenvalue weighted by atomic mass is 9.86. The largest absolute Gasteiger partial charge is 0.460 e. The maximum absolute atomic E-state index is 12.7. The fourth-order valence-corrected chi connectivity index (χ4v) is 2.97. The molecule has 0 amide bonds. The summed E-state index contributed by atoms with van der Waals surface area (Å²) in [4.78, 5) is 25.1. The van der Waals surface area contributed by atoms with Crippen LogP contribution in [0.1, 0.15) is 23.0 Å². The molecule has 0 saturated carbocycles. The highest BCUT2D eigenvalue weighted by Gasteiger charge is 2.39. The summed E-state index contributed by atoms with van der Waals surface area (Å²) < 4.78 is 21.1. The van der Waals surface area contributed by atoms with Gasteiger partial charge in [-0.2, -0.15) is 0 Å². The van der Waals surface area contributed by atoms with Gasteiger partial charge >= 0.3 is 5.97 Å². The Bertz CT molecular complexity index is 965. The van der Waals surface area contributed by atoms with Gasteiger partial charge in [0.25, 0.3) is 0 Å². The Hall–Kier alpha value is -2.81. The Kier molecular flexibility index (Phi) is 6.03. The van der Waals surface area contributed by atoms with Crippen LogP contribution in [0.25, 0.3) is 0 Å². The quantitative estimate of drug-likeness (QED) is 0.548. The van der Waals surface area contributed by atoms with Crippen molar-refractivity contribution < 1.29 is 28.5 Å². The van der Waals surface area contributed by atoms with Crippen LogP contribution in [-0.2, 0) is 20.9 Å². The van der Waals surface area contributed by atoms with Gasteiger partial charge in [-0.05, 0) is 17.7 Å². The van der Waals surface area contributed by atoms with Crippen LogP contribution in [0.5, 0.6) is 5.75 Å². The molecule has 0 fully saturated rings. The van der Waals surface area contributed by atoms with Gasteiger partial charge in [-0.25, -0.2) is 4.79 Å². The predicted molar refractivity (Wildman–Crippen MR) is 98.9 cm³/mol. The van der Waals surface area contributed by atoms with Crippen LogP contribution >= 0.6 is 11.6 Å². The van der Waals surface area contributed by atoms with Crippen LogP contribution in [-0.4, -0.2) is 31.4 Å². The summed E-state index contributed by atoms with van der Waals surface area (Å²) in [7, 11) is 1.48. The van der Waals surface area contributed by atoms with Crippen molar-refractivity contribution in [1.82, 2.24) is 0 Å². The number of carbonyl (C=O) groups excluding carboxylic acids is 1. The highest BCUT2D eigenvalue weighted by molar-refractivity contribution is 6.30. The van der Waals surface area contributed by atoms with Gasteiger partial charge in [0.15, 0.2) is 5.76 Å². The van der Waals surface area contributed by atoms with Gasteiger partial charge in [0, 0.05) is 18.2 Å². The highest BCUT2D eigenvalue weighted by atomic mass is 35.5. The third-order valence-corrected chi connectivity index (χ3v) is 4.36. The Labute approximate surface area is 165 Å². The van der Waals surface area contributed by atoms with E-state index in [1.807, 2.05) is 0 Å². The summed E-state index contributed by atoms with van der Waals surface area (Å²) >= 11 is 5.96. The number of hydrogen-bond donors (Lipinski definition) is 2. The Morgan fingerprint density at radius 1 is 1.29 bits per heavy atom. The van der Waals surface area contributed by atoms with E-state index in [1.54, 1.807) is 24.3 Å². The van der Waals surface area contributed by atoms with E-state index in [1.165, 1.54) is 7.11 Å². The molecule has 1 atom stereocenters. The zero-order chi connectivity index (χ0) is 20.3. The lowest BCUT2D eigenvalue weighted by Crippen LogP contribution is -2.30. The zero-order valence-electron chi connectivity index (χ0n) is 14.9. The van der Waals surface area contributed by atoms with Crippen molar-refractivity contribution in [3.63, 3.8) is 0 Å². The number of benzene rings is 1. The van der Waals surface area contributed by atoms with Gasteiger partial charge in [0.2, 0.25) is 17.1 Å². The van der Waals surface area contributed by atoms with Crippen LogP contribution in [0.15, 0.2) is 51.0 Å². The molecule has 2 aromatic rings. The Balaban J connectivity index is 2.15. The fourth-order valence-electron chi connectivity index (χ4n) is 2.84. The molecule has 1 aromatic heterocycles. The van der Waals surface area contributed by atoms with E-state index >= 15 is 0 Å². The first-order valence-electron chi connectivity index (χ1n) is 8.33. The molecule has 0 radical (unpaired) electrons. The first-order chi connectivity index (χ1) is 13.5. The van der Waals surface area contributed by atoms with Crippen molar-refractivity contribution in [1.29, 1.82) is 0 Å². The van der Waals surface area contributed by atoms with E-state index in [-0.39, 0.29) is 41.9 Å². The summed E-state index contributed by atoms with van der Waals surface area (Å²) in [5.74, 6) is -1.96. The molecule has 1 aliphatic rings. The van der Waals surface area contributed by atoms with Gasteiger partial charge in [-0.3, -0.25) is 4.79 Å². The van der Waals surface area contributed by atoms with Gasteiger partial charge in [0.05, 0.1) is 12.5 Å². The molecule has 1 aromatic carbocycles. The topological polar surface area (TPSA) is 121 Å². The summed E-state index contributed by atoms with van der Waals surface area (Å²) in [5.41, 5.74) is 5.99. The van der Waals surface area contributed by atoms with E-state index in [0.29, 0.717) is 10.6 Å². The second-order valence-corrected chi connectivity index (χ2v) is 6.36. The van der Waals surface area contributed by atoms with E-state index in [0.717, 1.165) is 6.07 Å². The van der Waals surface area contributed by atoms with Crippen LogP contribution in [0.2, 0.25) is 5.02 Å². The summed E-state index contributed by atoms with van der Waals surface area (Å²) in [6.07, 6.45) is 0. The molecule has 1 aliphatic heterocycles. The minimum atomic E-state index is -0.879. The maximum Gasteiger partial charge on any atom is 0.340 e. The van der Waals surface area contributed by atoms with E-state index < -0.39 is 23.9 Å². The SMILES string of the molecule is COCCOC(=O)C1=C(N)Oc2c(oc(CO)cc2=O)C1c1ccc(Cl)cc1. The zero-order valence-corrected chi connectivity index (χ0v) is 15.7. The lowest BCUT2D eigenvalue weighted by molar-refractivity contribution is -0.140. The molecular weight excluding hydrogens is 390 g/mol. The number of esters is 1. The van der Waals surface area contributed by atoms with Crippen molar-refractivity contribution in [2.45, 2.75) is 12.5 Å². The number of aliphatic hydroxyl groups excluding tert-OH is 1. The summed E-state index contributed by atoms with van der Waals surface area (Å²) in [5, 5.41) is 9.88. The summed E-state index contributed by atoms with van der Waals surface area (Å²) in [6, 6.07) is 7.70. The van der Waals surface area contributed by atoms with Gasteiger partial charge < -0.3 is 29.5 Å². The van der Waals surface area contributed by atoms with Crippen LogP contribution < -0.4 is 15.9 Å². The maximum atomic E-state index is 12.7. The Morgan fingerprint density at radius 2 is 2.00 bits per heavy atom. The number of hydrogen-bond acceptors (Lipinski definition) is 8. The molecule has 9 heteroatoms. The standard InChI is InChI=1S/C19H18ClNO7/c1-25-6-7-26-19(24)15-14(10-2-4-11(20)5-3-10)17-16(28-18(15)21)13(23)8-12(9-22)27-17/h2-5,8,14,22H,6-7,9,21H2,1H3. The first kappa shape index (κ1) is 19.9. The second kappa shape index (κ2) is 8.47. The Morgan fingerprint density at radius 3 is 2.64 bits per heavy atom. The van der Waals surface area contributed by atoms with Crippen molar-refractivity contribution in [2.24, 2.45) is 5.73 Å². The molecule has 148 valence electrons. The minimum absolute atomic E-state index is 0.00688. The van der Waals surface area contributed by atoms with Crippen LogP contribution in [0.4, 0.5) is 0 Å². The average molecular weight is 408 g/mol. The third kappa shape index (κ3) is 3.89. The van der Waals surface area contributed by atoms with E-state index in [2.05, 4.69) is 0 Å². The number of ether oxygens (including phenoxy) is 3. The number of methoxy groups -OCH3 is 1. The first-order valence-corrected chi connectivity index (χ1v) is 8.70. The second-order valence-electron chi connectivity index (χ2n) is 5.92. The molecule has 28 heavy (non-hydrogen) atoms. The molecular formula is C19H18ClNO7. The van der Waals surface area contributed by atoms with Crippen molar-refractivity contribution in [3.8, 4) is 5.75 Å². The molecule has 1 unspecified atom stereocenters. The molecule has 2 heterocycles. The number of rotatable bonds is 6. The number of halogens is 1. The number of carbonyl (C=O) groups is 1. The van der Waals surface area contributed by atoms with E-state index in [4.69, 9.17) is 36.0 Å². The molecule has 3 N–H and O–H groups in total. The average Bonchev–Trinajstić information content (AvgIpc) is 2.68. The number of nitrogens with two attached hydrogens (primary N) is 1. The van der Waals surface area contributed by atoms with Gasteiger partial charge in [0.1, 0.15) is 24.5 Å². The van der Waals surface area contributed by atoms with Gasteiger partial charge in [-0.1, -0.05) is 23.7 Å². The molecule has 3 rings (SSSR count). The van der Waals surface area contributed by atoms with E-state index in [9.17, 15) is 14.7 Å². The minimum Gasteiger partial charge on any atom is -0.460 e. The van der Waals surface area contributed by atoms with Crippen molar-refractivity contribution in [2.75, 3.05) is 20.3 Å². The predicted octanol–water partition coefficient (Wildman–Crippen LogP) is 1.67. The van der Waals surface area contributed by atoms with Gasteiger partial charge in [-0.15, -0.1) is 0 Å². The number of fused-ring (bicyclic) bond motifs is 1. The highest BCUT2D eigenvalue weighted by Crippen LogP contribution is 2.41. The monoisotopic (exact) mass is 407 g/mol. The number of aliphatic hydroxyl groups is 1. The van der Waals surface area contributed by atoms with Crippen molar-refractivity contribution in [3.05, 3.63) is 74.1 Å². The molecule has 8 nitrogen and oxygen atoms in total. The third-order valence-electron chi connectivity index (χ3n) is 4.11. The normalized spacial score (nSPS) is 15.8. The van der Waals surface area contributed by atoms with Crippen molar-refractivity contribution >= 4 is 17.6 Å².